The van der Waals surface area contributed by atoms with Gasteiger partial charge in [0.25, 0.3) is 0 Å². The van der Waals surface area contributed by atoms with Gasteiger partial charge in [0, 0.05) is 10.3 Å². The summed E-state index contributed by atoms with van der Waals surface area (Å²) >= 11 is 15.2. The van der Waals surface area contributed by atoms with Crippen molar-refractivity contribution in [2.24, 2.45) is 4.99 Å². The van der Waals surface area contributed by atoms with Crippen molar-refractivity contribution in [3.63, 3.8) is 0 Å². The van der Waals surface area contributed by atoms with Gasteiger partial charge in [0.2, 0.25) is 0 Å². The normalized spacial score (nSPS) is 14.4. The zero-order valence-electron chi connectivity index (χ0n) is 8.75. The minimum absolute atomic E-state index is 0.489. The lowest BCUT2D eigenvalue weighted by molar-refractivity contribution is 1.12. The Morgan fingerprint density at radius 2 is 2.12 bits per heavy atom. The van der Waals surface area contributed by atoms with Crippen molar-refractivity contribution in [2.75, 3.05) is 0 Å². The van der Waals surface area contributed by atoms with Gasteiger partial charge in [0.1, 0.15) is 0 Å². The zero-order valence-corrected chi connectivity index (χ0v) is 11.9. The average molecular weight is 293 g/mol. The Kier molecular flexibility index (Phi) is 3.95. The van der Waals surface area contributed by atoms with Crippen LogP contribution < -0.4 is 4.72 Å². The first-order valence-electron chi connectivity index (χ1n) is 4.73. The third-order valence-corrected chi connectivity index (χ3v) is 4.37. The molecule has 0 saturated carbocycles. The second-order valence-corrected chi connectivity index (χ2v) is 6.75. The number of benzene rings is 1. The van der Waals surface area contributed by atoms with E-state index in [-0.39, 0.29) is 0 Å². The first-order chi connectivity index (χ1) is 7.56. The van der Waals surface area contributed by atoms with Gasteiger partial charge in [-0.2, -0.15) is 0 Å². The maximum absolute atomic E-state index is 6.08. The minimum atomic E-state index is 0.489. The van der Waals surface area contributed by atoms with Crippen LogP contribution in [-0.4, -0.2) is 10.4 Å². The summed E-state index contributed by atoms with van der Waals surface area (Å²) in [5.74, 6) is 0. The van der Waals surface area contributed by atoms with Gasteiger partial charge in [-0.25, -0.2) is 4.99 Å². The van der Waals surface area contributed by atoms with Crippen molar-refractivity contribution in [3.05, 3.63) is 22.2 Å². The second-order valence-electron chi connectivity index (χ2n) is 3.52. The second kappa shape index (κ2) is 5.08. The van der Waals surface area contributed by atoms with Crippen LogP contribution in [0, 0.1) is 0 Å². The van der Waals surface area contributed by atoms with Crippen LogP contribution in [-0.2, 0) is 0 Å². The van der Waals surface area contributed by atoms with Crippen LogP contribution in [0.3, 0.4) is 0 Å². The van der Waals surface area contributed by atoms with Crippen molar-refractivity contribution >= 4 is 57.8 Å². The number of nitrogens with one attached hydrogen (secondary N) is 1. The van der Waals surface area contributed by atoms with Gasteiger partial charge < -0.3 is 4.72 Å². The first-order valence-corrected chi connectivity index (χ1v) is 7.18. The molecule has 0 unspecified atom stereocenters. The lowest BCUT2D eigenvalue weighted by atomic mass is 10.3. The lowest BCUT2D eigenvalue weighted by Crippen LogP contribution is -2.16. The largest absolute Gasteiger partial charge is 0.305 e. The third-order valence-electron chi connectivity index (χ3n) is 1.80. The van der Waals surface area contributed by atoms with Crippen molar-refractivity contribution < 1.29 is 0 Å². The van der Waals surface area contributed by atoms with E-state index >= 15 is 0 Å². The number of halogens is 2. The van der Waals surface area contributed by atoms with Crippen LogP contribution in [0.15, 0.2) is 22.0 Å². The molecule has 0 atom stereocenters. The molecule has 0 aromatic heterocycles. The van der Waals surface area contributed by atoms with Gasteiger partial charge in [0.15, 0.2) is 5.17 Å². The standard InChI is InChI=1S/C10H10Cl2N2S2/c1-5(2)15-10-13-8-4-6(11)3-7(12)9(8)16-14-10/h3-5H,1-2H3,(H,13,14). The predicted octanol–water partition coefficient (Wildman–Crippen LogP) is 4.73. The number of thioether (sulfide) groups is 1. The van der Waals surface area contributed by atoms with E-state index in [1.807, 2.05) is 6.07 Å². The molecule has 0 amide bonds. The highest BCUT2D eigenvalue weighted by Crippen LogP contribution is 2.40. The van der Waals surface area contributed by atoms with Gasteiger partial charge >= 0.3 is 0 Å². The molecule has 0 fully saturated rings. The summed E-state index contributed by atoms with van der Waals surface area (Å²) in [4.78, 5) is 5.42. The van der Waals surface area contributed by atoms with Gasteiger partial charge in [0.05, 0.1) is 15.6 Å². The summed E-state index contributed by atoms with van der Waals surface area (Å²) in [6, 6.07) is 3.56. The third kappa shape index (κ3) is 2.80. The summed E-state index contributed by atoms with van der Waals surface area (Å²) in [6.45, 7) is 4.25. The number of amidine groups is 1. The van der Waals surface area contributed by atoms with Gasteiger partial charge in [-0.3, -0.25) is 0 Å². The number of fused-ring (bicyclic) bond motifs is 1. The summed E-state index contributed by atoms with van der Waals surface area (Å²) in [5.41, 5.74) is 0.837. The quantitative estimate of drug-likeness (QED) is 0.757. The SMILES string of the molecule is CC(C)SC1=Nc2cc(Cl)cc(Cl)c2SN1. The first kappa shape index (κ1) is 12.4. The molecule has 0 radical (unpaired) electrons. The van der Waals surface area contributed by atoms with E-state index in [9.17, 15) is 0 Å². The molecule has 1 N–H and O–H groups in total. The molecule has 1 aromatic carbocycles. The van der Waals surface area contributed by atoms with Crippen LogP contribution in [0.2, 0.25) is 10.0 Å². The molecule has 1 aliphatic rings. The highest BCUT2D eigenvalue weighted by molar-refractivity contribution is 8.16. The maximum atomic E-state index is 6.08. The topological polar surface area (TPSA) is 24.4 Å². The highest BCUT2D eigenvalue weighted by atomic mass is 35.5. The molecule has 0 aliphatic carbocycles. The summed E-state index contributed by atoms with van der Waals surface area (Å²) < 4.78 is 3.17. The van der Waals surface area contributed by atoms with Crippen LogP contribution in [0.4, 0.5) is 5.69 Å². The van der Waals surface area contributed by atoms with E-state index in [1.165, 1.54) is 11.9 Å². The molecule has 0 spiro atoms. The highest BCUT2D eigenvalue weighted by Gasteiger charge is 2.17. The molecule has 86 valence electrons. The number of aliphatic imine (C=N–C) groups is 1. The molecular weight excluding hydrogens is 283 g/mol. The summed E-state index contributed by atoms with van der Waals surface area (Å²) in [6.07, 6.45) is 0. The van der Waals surface area contributed by atoms with E-state index in [0.29, 0.717) is 15.3 Å². The van der Waals surface area contributed by atoms with Crippen LogP contribution in [0.5, 0.6) is 0 Å². The van der Waals surface area contributed by atoms with E-state index in [4.69, 9.17) is 23.2 Å². The zero-order chi connectivity index (χ0) is 11.7. The van der Waals surface area contributed by atoms with Crippen molar-refractivity contribution in [2.45, 2.75) is 24.0 Å². The molecular formula is C10H10Cl2N2S2. The molecule has 1 heterocycles. The fourth-order valence-corrected chi connectivity index (χ4v) is 3.35. The van der Waals surface area contributed by atoms with Gasteiger partial charge in [-0.15, -0.1) is 0 Å². The fourth-order valence-electron chi connectivity index (χ4n) is 1.23. The predicted molar refractivity (Wildman–Crippen MR) is 75.3 cm³/mol. The molecule has 0 saturated heterocycles. The Balaban J connectivity index is 2.35. The Morgan fingerprint density at radius 3 is 2.81 bits per heavy atom. The van der Waals surface area contributed by atoms with Crippen molar-refractivity contribution in [3.8, 4) is 0 Å². The number of rotatable bonds is 1. The Labute approximate surface area is 113 Å². The van der Waals surface area contributed by atoms with E-state index in [2.05, 4.69) is 23.6 Å². The number of hydrogen-bond donors (Lipinski definition) is 1. The van der Waals surface area contributed by atoms with Crippen molar-refractivity contribution in [1.82, 2.24) is 4.72 Å². The molecule has 2 nitrogen and oxygen atoms in total. The maximum Gasteiger partial charge on any atom is 0.172 e. The molecule has 16 heavy (non-hydrogen) atoms. The van der Waals surface area contributed by atoms with E-state index in [0.717, 1.165) is 15.8 Å². The number of hydrogen-bond acceptors (Lipinski definition) is 4. The smallest absolute Gasteiger partial charge is 0.172 e. The van der Waals surface area contributed by atoms with Crippen LogP contribution in [0.25, 0.3) is 0 Å². The lowest BCUT2D eigenvalue weighted by Gasteiger charge is -2.18. The van der Waals surface area contributed by atoms with Crippen LogP contribution in [0.1, 0.15) is 13.8 Å². The molecule has 6 heteroatoms. The van der Waals surface area contributed by atoms with Crippen LogP contribution >= 0.6 is 46.9 Å². The minimum Gasteiger partial charge on any atom is -0.305 e. The average Bonchev–Trinajstić information content (AvgIpc) is 2.15. The van der Waals surface area contributed by atoms with Gasteiger partial charge in [-0.1, -0.05) is 48.8 Å². The number of nitrogens with zero attached hydrogens (tertiary/aromatic N) is 1. The molecule has 1 aromatic rings. The fraction of sp³-hybridized carbons (Fsp3) is 0.300. The Morgan fingerprint density at radius 1 is 1.38 bits per heavy atom. The monoisotopic (exact) mass is 292 g/mol. The Hall–Kier alpha value is -0.0300. The van der Waals surface area contributed by atoms with E-state index in [1.54, 1.807) is 17.8 Å². The molecule has 1 aliphatic heterocycles. The van der Waals surface area contributed by atoms with Crippen molar-refractivity contribution in [1.29, 1.82) is 0 Å². The Bertz CT molecular complexity index is 447. The molecule has 2 rings (SSSR count). The summed E-state index contributed by atoms with van der Waals surface area (Å²) in [5, 5.41) is 2.63. The molecule has 0 bridgehead atoms. The summed E-state index contributed by atoms with van der Waals surface area (Å²) in [7, 11) is 0. The van der Waals surface area contributed by atoms with E-state index < -0.39 is 0 Å². The van der Waals surface area contributed by atoms with Gasteiger partial charge in [-0.05, 0) is 24.1 Å².